The molecule has 0 spiro atoms. The van der Waals surface area contributed by atoms with Crippen LogP contribution in [-0.2, 0) is 5.75 Å². The lowest BCUT2D eigenvalue weighted by atomic mass is 10.2. The molecule has 6 nitrogen and oxygen atoms in total. The number of nitrogens with one attached hydrogen (secondary N) is 1. The highest BCUT2D eigenvalue weighted by Crippen LogP contribution is 2.33. The molecular weight excluding hydrogens is 364 g/mol. The number of fused-ring (bicyclic) bond motifs is 1. The Morgan fingerprint density at radius 3 is 2.74 bits per heavy atom. The lowest BCUT2D eigenvalue weighted by Crippen LogP contribution is -2.16. The second-order valence-electron chi connectivity index (χ2n) is 6.03. The van der Waals surface area contributed by atoms with Crippen LogP contribution in [0.2, 0.25) is 0 Å². The number of carbonyl (C=O) groups excluding carboxylic acids is 1. The largest absolute Gasteiger partial charge is 0.486 e. The Balaban J connectivity index is 1.48. The summed E-state index contributed by atoms with van der Waals surface area (Å²) in [6.45, 7) is 2.92. The van der Waals surface area contributed by atoms with E-state index >= 15 is 0 Å². The van der Waals surface area contributed by atoms with Crippen molar-refractivity contribution in [1.29, 1.82) is 0 Å². The van der Waals surface area contributed by atoms with Gasteiger partial charge in [-0.05, 0) is 31.2 Å². The molecule has 1 amide bonds. The van der Waals surface area contributed by atoms with Gasteiger partial charge in [0.1, 0.15) is 19.0 Å². The molecule has 0 bridgehead atoms. The molecule has 0 unspecified atom stereocenters. The van der Waals surface area contributed by atoms with Gasteiger partial charge in [0.25, 0.3) is 5.91 Å². The summed E-state index contributed by atoms with van der Waals surface area (Å²) < 4.78 is 16.3. The Morgan fingerprint density at radius 2 is 1.93 bits per heavy atom. The fourth-order valence-electron chi connectivity index (χ4n) is 2.73. The number of ether oxygens (including phenoxy) is 2. The fraction of sp³-hybridized carbons (Fsp3) is 0.200. The molecule has 0 saturated heterocycles. The van der Waals surface area contributed by atoms with E-state index < -0.39 is 0 Å². The minimum atomic E-state index is -0.177. The quantitative estimate of drug-likeness (QED) is 0.663. The summed E-state index contributed by atoms with van der Waals surface area (Å²) in [6, 6.07) is 14.8. The molecular formula is C20H18N2O4S. The molecule has 2 heterocycles. The second-order valence-corrected chi connectivity index (χ2v) is 7.05. The molecule has 27 heavy (non-hydrogen) atoms. The third-order valence-corrected chi connectivity index (χ3v) is 5.07. The van der Waals surface area contributed by atoms with E-state index in [9.17, 15) is 4.79 Å². The van der Waals surface area contributed by atoms with Gasteiger partial charge >= 0.3 is 0 Å². The molecule has 1 aliphatic heterocycles. The van der Waals surface area contributed by atoms with E-state index in [0.717, 1.165) is 16.3 Å². The van der Waals surface area contributed by atoms with Crippen LogP contribution in [-0.4, -0.2) is 24.3 Å². The van der Waals surface area contributed by atoms with Crippen LogP contribution in [0.1, 0.15) is 21.8 Å². The molecule has 1 aromatic heterocycles. The summed E-state index contributed by atoms with van der Waals surface area (Å²) in [4.78, 5) is 13.7. The van der Waals surface area contributed by atoms with Gasteiger partial charge in [-0.15, -0.1) is 11.8 Å². The maximum Gasteiger partial charge on any atom is 0.256 e. The van der Waals surface area contributed by atoms with Crippen molar-refractivity contribution in [2.24, 2.45) is 0 Å². The lowest BCUT2D eigenvalue weighted by molar-refractivity contribution is 0.102. The minimum Gasteiger partial charge on any atom is -0.486 e. The molecule has 2 aromatic carbocycles. The summed E-state index contributed by atoms with van der Waals surface area (Å²) in [5.74, 6) is 2.54. The maximum absolute atomic E-state index is 12.8. The first-order valence-corrected chi connectivity index (χ1v) is 9.52. The normalized spacial score (nSPS) is 12.6. The molecule has 1 aliphatic rings. The van der Waals surface area contributed by atoms with Gasteiger partial charge in [-0.1, -0.05) is 17.3 Å². The van der Waals surface area contributed by atoms with Crippen molar-refractivity contribution in [3.63, 3.8) is 0 Å². The number of nitrogens with zero attached hydrogens (tertiary/aromatic N) is 1. The van der Waals surface area contributed by atoms with E-state index in [0.29, 0.717) is 41.7 Å². The van der Waals surface area contributed by atoms with E-state index in [1.54, 1.807) is 24.3 Å². The lowest BCUT2D eigenvalue weighted by Gasteiger charge is -2.19. The zero-order chi connectivity index (χ0) is 18.6. The predicted octanol–water partition coefficient (Wildman–Crippen LogP) is 4.30. The molecule has 0 saturated carbocycles. The van der Waals surface area contributed by atoms with Crippen LogP contribution in [0.15, 0.2) is 57.9 Å². The first kappa shape index (κ1) is 17.5. The summed E-state index contributed by atoms with van der Waals surface area (Å²) >= 11 is 1.54. The van der Waals surface area contributed by atoms with Gasteiger partial charge < -0.3 is 19.3 Å². The Labute approximate surface area is 160 Å². The number of benzene rings is 2. The highest BCUT2D eigenvalue weighted by atomic mass is 32.2. The van der Waals surface area contributed by atoms with Gasteiger partial charge in [0.2, 0.25) is 0 Å². The summed E-state index contributed by atoms with van der Waals surface area (Å²) in [5, 5.41) is 6.82. The number of aromatic nitrogens is 1. The average molecular weight is 382 g/mol. The predicted molar refractivity (Wildman–Crippen MR) is 103 cm³/mol. The van der Waals surface area contributed by atoms with Gasteiger partial charge in [0.05, 0.1) is 17.0 Å². The zero-order valence-corrected chi connectivity index (χ0v) is 15.5. The number of rotatable bonds is 5. The van der Waals surface area contributed by atoms with Crippen LogP contribution < -0.4 is 14.8 Å². The number of aryl methyl sites for hydroxylation is 1. The third kappa shape index (κ3) is 4.09. The first-order valence-electron chi connectivity index (χ1n) is 8.54. The molecule has 4 rings (SSSR count). The number of hydrogen-bond acceptors (Lipinski definition) is 6. The first-order chi connectivity index (χ1) is 13.2. The van der Waals surface area contributed by atoms with E-state index in [1.807, 2.05) is 31.2 Å². The van der Waals surface area contributed by atoms with Crippen LogP contribution in [0.4, 0.5) is 5.69 Å². The monoisotopic (exact) mass is 382 g/mol. The van der Waals surface area contributed by atoms with Crippen LogP contribution in [0, 0.1) is 6.92 Å². The number of carbonyl (C=O) groups is 1. The van der Waals surface area contributed by atoms with Crippen molar-refractivity contribution in [2.75, 3.05) is 18.5 Å². The van der Waals surface area contributed by atoms with Crippen LogP contribution in [0.25, 0.3) is 0 Å². The zero-order valence-electron chi connectivity index (χ0n) is 14.7. The smallest absolute Gasteiger partial charge is 0.256 e. The van der Waals surface area contributed by atoms with Crippen molar-refractivity contribution >= 4 is 23.4 Å². The van der Waals surface area contributed by atoms with Crippen LogP contribution in [0.3, 0.4) is 0 Å². The Hall–Kier alpha value is -2.93. The molecule has 3 aromatic rings. The van der Waals surface area contributed by atoms with Crippen molar-refractivity contribution in [3.8, 4) is 11.5 Å². The van der Waals surface area contributed by atoms with E-state index in [-0.39, 0.29) is 5.91 Å². The number of hydrogen-bond donors (Lipinski definition) is 1. The molecule has 0 radical (unpaired) electrons. The third-order valence-electron chi connectivity index (χ3n) is 3.98. The van der Waals surface area contributed by atoms with Gasteiger partial charge in [-0.3, -0.25) is 4.79 Å². The summed E-state index contributed by atoms with van der Waals surface area (Å²) in [7, 11) is 0. The summed E-state index contributed by atoms with van der Waals surface area (Å²) in [6.07, 6.45) is 0. The van der Waals surface area contributed by atoms with E-state index in [4.69, 9.17) is 14.0 Å². The van der Waals surface area contributed by atoms with E-state index in [2.05, 4.69) is 10.5 Å². The SMILES string of the molecule is Cc1cc(CSc2ccccc2C(=O)Nc2ccc3c(c2)OCCO3)on1. The number of amides is 1. The molecule has 0 fully saturated rings. The van der Waals surface area contributed by atoms with Crippen LogP contribution >= 0.6 is 11.8 Å². The molecule has 0 aliphatic carbocycles. The van der Waals surface area contributed by atoms with Gasteiger partial charge in [-0.2, -0.15) is 0 Å². The average Bonchev–Trinajstić information content (AvgIpc) is 3.11. The Bertz CT molecular complexity index is 970. The fourth-order valence-corrected chi connectivity index (χ4v) is 3.66. The molecule has 7 heteroatoms. The summed E-state index contributed by atoms with van der Waals surface area (Å²) in [5.41, 5.74) is 2.11. The highest BCUT2D eigenvalue weighted by molar-refractivity contribution is 7.98. The second kappa shape index (κ2) is 7.75. The van der Waals surface area contributed by atoms with E-state index in [1.165, 1.54) is 11.8 Å². The number of anilines is 1. The molecule has 138 valence electrons. The topological polar surface area (TPSA) is 73.6 Å². The Kier molecular flexibility index (Phi) is 5.02. The molecule has 0 atom stereocenters. The Morgan fingerprint density at radius 1 is 1.11 bits per heavy atom. The van der Waals surface area contributed by atoms with Gasteiger partial charge in [0, 0.05) is 22.7 Å². The van der Waals surface area contributed by atoms with Crippen LogP contribution in [0.5, 0.6) is 11.5 Å². The van der Waals surface area contributed by atoms with Crippen molar-refractivity contribution in [3.05, 3.63) is 65.5 Å². The van der Waals surface area contributed by atoms with Gasteiger partial charge in [0.15, 0.2) is 11.5 Å². The minimum absolute atomic E-state index is 0.177. The van der Waals surface area contributed by atoms with Crippen molar-refractivity contribution in [2.45, 2.75) is 17.6 Å². The van der Waals surface area contributed by atoms with Gasteiger partial charge in [-0.25, -0.2) is 0 Å². The number of thioether (sulfide) groups is 1. The molecule has 1 N–H and O–H groups in total. The van der Waals surface area contributed by atoms with Crippen molar-refractivity contribution in [1.82, 2.24) is 5.16 Å². The van der Waals surface area contributed by atoms with Crippen molar-refractivity contribution < 1.29 is 18.8 Å². The standard InChI is InChI=1S/C20H18N2O4S/c1-13-10-15(26-22-13)12-27-19-5-3-2-4-16(19)20(23)21-14-6-7-17-18(11-14)25-9-8-24-17/h2-7,10-11H,8-9,12H2,1H3,(H,21,23). The highest BCUT2D eigenvalue weighted by Gasteiger charge is 2.16. The maximum atomic E-state index is 12.8.